The Bertz CT molecular complexity index is 388. The average Bonchev–Trinajstić information content (AvgIpc) is 2.36. The van der Waals surface area contributed by atoms with Crippen molar-refractivity contribution < 1.29 is 14.6 Å². The summed E-state index contributed by atoms with van der Waals surface area (Å²) in [6, 6.07) is 5.52. The second-order valence-corrected chi connectivity index (χ2v) is 3.43. The van der Waals surface area contributed by atoms with Crippen LogP contribution in [0.3, 0.4) is 0 Å². The number of rotatable bonds is 6. The zero-order chi connectivity index (χ0) is 12.7. The molecule has 0 heterocycles. The van der Waals surface area contributed by atoms with Crippen molar-refractivity contribution >= 4 is 0 Å². The highest BCUT2D eigenvalue weighted by molar-refractivity contribution is 5.52. The maximum absolute atomic E-state index is 9.71. The van der Waals surface area contributed by atoms with E-state index in [0.717, 1.165) is 5.56 Å². The summed E-state index contributed by atoms with van der Waals surface area (Å²) in [5.74, 6) is 0.749. The molecule has 0 spiro atoms. The summed E-state index contributed by atoms with van der Waals surface area (Å²) in [4.78, 5) is 0. The van der Waals surface area contributed by atoms with Crippen LogP contribution in [0.2, 0.25) is 0 Å². The number of aromatic hydroxyl groups is 1. The van der Waals surface area contributed by atoms with E-state index in [9.17, 15) is 5.11 Å². The van der Waals surface area contributed by atoms with Crippen LogP contribution in [0.5, 0.6) is 17.2 Å². The minimum absolute atomic E-state index is 0.00391. The highest BCUT2D eigenvalue weighted by atomic mass is 16.5. The van der Waals surface area contributed by atoms with Gasteiger partial charge < -0.3 is 19.9 Å². The van der Waals surface area contributed by atoms with Crippen LogP contribution in [0.15, 0.2) is 12.1 Å². The molecule has 0 bridgehead atoms. The Labute approximate surface area is 101 Å². The minimum atomic E-state index is -0.00391. The third kappa shape index (κ3) is 3.54. The normalized spacial score (nSPS) is 9.71. The molecule has 92 valence electrons. The van der Waals surface area contributed by atoms with Crippen molar-refractivity contribution in [2.75, 3.05) is 20.8 Å². The lowest BCUT2D eigenvalue weighted by molar-refractivity contribution is 0.339. The molecule has 2 N–H and O–H groups in total. The lowest BCUT2D eigenvalue weighted by Gasteiger charge is -2.11. The SMILES string of the molecule is COc1cc(CNCCC#N)cc(OC)c1O. The molecule has 1 aromatic rings. The van der Waals surface area contributed by atoms with Gasteiger partial charge in [0.25, 0.3) is 0 Å². The Morgan fingerprint density at radius 2 is 1.88 bits per heavy atom. The fourth-order valence-corrected chi connectivity index (χ4v) is 1.43. The molecule has 1 aromatic carbocycles. The third-order valence-corrected chi connectivity index (χ3v) is 2.28. The molecule has 0 unspecified atom stereocenters. The van der Waals surface area contributed by atoms with E-state index in [-0.39, 0.29) is 5.75 Å². The highest BCUT2D eigenvalue weighted by Gasteiger charge is 2.10. The highest BCUT2D eigenvalue weighted by Crippen LogP contribution is 2.36. The van der Waals surface area contributed by atoms with Gasteiger partial charge in [-0.3, -0.25) is 0 Å². The zero-order valence-electron chi connectivity index (χ0n) is 9.99. The van der Waals surface area contributed by atoms with Crippen molar-refractivity contribution in [3.8, 4) is 23.3 Å². The van der Waals surface area contributed by atoms with Crippen molar-refractivity contribution in [1.82, 2.24) is 5.32 Å². The maximum Gasteiger partial charge on any atom is 0.200 e. The van der Waals surface area contributed by atoms with Crippen molar-refractivity contribution in [1.29, 1.82) is 5.26 Å². The van der Waals surface area contributed by atoms with E-state index in [1.54, 1.807) is 12.1 Å². The number of methoxy groups -OCH3 is 2. The van der Waals surface area contributed by atoms with Crippen molar-refractivity contribution in [3.63, 3.8) is 0 Å². The molecule has 1 rings (SSSR count). The molecule has 17 heavy (non-hydrogen) atoms. The van der Waals surface area contributed by atoms with Crippen LogP contribution in [-0.2, 0) is 6.54 Å². The van der Waals surface area contributed by atoms with Gasteiger partial charge in [-0.2, -0.15) is 5.26 Å². The van der Waals surface area contributed by atoms with Crippen LogP contribution in [0.4, 0.5) is 0 Å². The van der Waals surface area contributed by atoms with Gasteiger partial charge in [0.2, 0.25) is 5.75 Å². The zero-order valence-corrected chi connectivity index (χ0v) is 9.99. The van der Waals surface area contributed by atoms with Crippen LogP contribution < -0.4 is 14.8 Å². The van der Waals surface area contributed by atoms with Gasteiger partial charge in [0.15, 0.2) is 11.5 Å². The molecule has 0 atom stereocenters. The van der Waals surface area contributed by atoms with E-state index in [1.807, 2.05) is 0 Å². The molecule has 0 radical (unpaired) electrons. The van der Waals surface area contributed by atoms with Gasteiger partial charge in [-0.25, -0.2) is 0 Å². The van der Waals surface area contributed by atoms with Crippen LogP contribution in [-0.4, -0.2) is 25.9 Å². The summed E-state index contributed by atoms with van der Waals surface area (Å²) in [6.45, 7) is 1.22. The van der Waals surface area contributed by atoms with E-state index in [4.69, 9.17) is 14.7 Å². The first-order valence-electron chi connectivity index (χ1n) is 5.24. The molecule has 5 nitrogen and oxygen atoms in total. The number of hydrogen-bond acceptors (Lipinski definition) is 5. The Hall–Kier alpha value is -1.93. The maximum atomic E-state index is 9.71. The van der Waals surface area contributed by atoms with Gasteiger partial charge in [-0.15, -0.1) is 0 Å². The quantitative estimate of drug-likeness (QED) is 0.730. The van der Waals surface area contributed by atoms with E-state index in [0.29, 0.717) is 31.0 Å². The number of nitrogens with one attached hydrogen (secondary N) is 1. The number of hydrogen-bond donors (Lipinski definition) is 2. The number of phenols is 1. The molecule has 0 saturated carbocycles. The summed E-state index contributed by atoms with van der Waals surface area (Å²) >= 11 is 0. The molecule has 0 aliphatic carbocycles. The predicted octanol–water partition coefficient (Wildman–Crippen LogP) is 1.41. The molecular weight excluding hydrogens is 220 g/mol. The van der Waals surface area contributed by atoms with E-state index in [2.05, 4.69) is 11.4 Å². The molecular formula is C12H16N2O3. The summed E-state index contributed by atoms with van der Waals surface area (Å²) in [7, 11) is 2.97. The first kappa shape index (κ1) is 13.1. The van der Waals surface area contributed by atoms with Gasteiger partial charge in [0, 0.05) is 19.5 Å². The van der Waals surface area contributed by atoms with Gasteiger partial charge in [0.05, 0.1) is 20.3 Å². The summed E-state index contributed by atoms with van der Waals surface area (Å²) in [6.07, 6.45) is 0.465. The molecule has 0 aliphatic rings. The molecule has 5 heteroatoms. The largest absolute Gasteiger partial charge is 0.502 e. The Morgan fingerprint density at radius 1 is 1.29 bits per heavy atom. The Morgan fingerprint density at radius 3 is 2.35 bits per heavy atom. The molecule has 0 aliphatic heterocycles. The first-order valence-corrected chi connectivity index (χ1v) is 5.24. The van der Waals surface area contributed by atoms with E-state index < -0.39 is 0 Å². The molecule has 0 saturated heterocycles. The van der Waals surface area contributed by atoms with Crippen molar-refractivity contribution in [3.05, 3.63) is 17.7 Å². The summed E-state index contributed by atoms with van der Waals surface area (Å²) in [5, 5.41) is 21.2. The van der Waals surface area contributed by atoms with Gasteiger partial charge in [-0.05, 0) is 17.7 Å². The lowest BCUT2D eigenvalue weighted by Crippen LogP contribution is -2.14. The standard InChI is InChI=1S/C12H16N2O3/c1-16-10-6-9(8-14-5-3-4-13)7-11(17-2)12(10)15/h6-7,14-15H,3,5,8H2,1-2H3. The summed E-state index contributed by atoms with van der Waals surface area (Å²) in [5.41, 5.74) is 0.925. The Kier molecular flexibility index (Phi) is 5.11. The van der Waals surface area contributed by atoms with Crippen molar-refractivity contribution in [2.45, 2.75) is 13.0 Å². The Balaban J connectivity index is 2.76. The van der Waals surface area contributed by atoms with Gasteiger partial charge >= 0.3 is 0 Å². The fraction of sp³-hybridized carbons (Fsp3) is 0.417. The van der Waals surface area contributed by atoms with Crippen molar-refractivity contribution in [2.24, 2.45) is 0 Å². The fourth-order valence-electron chi connectivity index (χ4n) is 1.43. The van der Waals surface area contributed by atoms with Crippen LogP contribution in [0, 0.1) is 11.3 Å². The van der Waals surface area contributed by atoms with Crippen LogP contribution in [0.25, 0.3) is 0 Å². The first-order chi connectivity index (χ1) is 8.22. The van der Waals surface area contributed by atoms with Crippen LogP contribution in [0.1, 0.15) is 12.0 Å². The van der Waals surface area contributed by atoms with Gasteiger partial charge in [0.1, 0.15) is 0 Å². The number of nitrogens with zero attached hydrogens (tertiary/aromatic N) is 1. The number of ether oxygens (including phenoxy) is 2. The molecule has 0 amide bonds. The second-order valence-electron chi connectivity index (χ2n) is 3.43. The average molecular weight is 236 g/mol. The van der Waals surface area contributed by atoms with E-state index in [1.165, 1.54) is 14.2 Å². The summed E-state index contributed by atoms with van der Waals surface area (Å²) < 4.78 is 10.1. The molecule has 0 aromatic heterocycles. The topological polar surface area (TPSA) is 74.5 Å². The van der Waals surface area contributed by atoms with Crippen LogP contribution >= 0.6 is 0 Å². The second kappa shape index (κ2) is 6.61. The molecule has 0 fully saturated rings. The third-order valence-electron chi connectivity index (χ3n) is 2.28. The smallest absolute Gasteiger partial charge is 0.200 e. The lowest BCUT2D eigenvalue weighted by atomic mass is 10.2. The predicted molar refractivity (Wildman–Crippen MR) is 63.1 cm³/mol. The number of benzene rings is 1. The minimum Gasteiger partial charge on any atom is -0.502 e. The number of phenolic OH excluding ortho intramolecular Hbond substituents is 1. The monoisotopic (exact) mass is 236 g/mol. The van der Waals surface area contributed by atoms with E-state index >= 15 is 0 Å². The van der Waals surface area contributed by atoms with Gasteiger partial charge in [-0.1, -0.05) is 0 Å². The number of nitriles is 1.